The van der Waals surface area contributed by atoms with Gasteiger partial charge in [-0.25, -0.2) is 14.0 Å². The van der Waals surface area contributed by atoms with Crippen molar-refractivity contribution < 1.29 is 19.1 Å². The minimum absolute atomic E-state index is 0.0834. The number of likely N-dealkylation sites (tertiary alicyclic amines) is 1. The van der Waals surface area contributed by atoms with E-state index in [1.807, 2.05) is 6.92 Å². The number of urea groups is 1. The first-order valence-electron chi connectivity index (χ1n) is 6.10. The highest BCUT2D eigenvalue weighted by Gasteiger charge is 2.26. The van der Waals surface area contributed by atoms with Crippen molar-refractivity contribution in [1.29, 1.82) is 0 Å². The molecule has 1 heterocycles. The number of anilines is 1. The number of carbonyl (C=O) groups excluding carboxylic acids is 1. The molecule has 1 aromatic rings. The smallest absolute Gasteiger partial charge is 0.337 e. The van der Waals surface area contributed by atoms with Crippen LogP contribution in [-0.2, 0) is 0 Å². The average Bonchev–Trinajstić information content (AvgIpc) is 2.77. The van der Waals surface area contributed by atoms with Crippen LogP contribution in [0.1, 0.15) is 30.1 Å². The van der Waals surface area contributed by atoms with Crippen molar-refractivity contribution in [2.75, 3.05) is 11.9 Å². The second-order valence-electron chi connectivity index (χ2n) is 4.58. The van der Waals surface area contributed by atoms with E-state index in [0.717, 1.165) is 18.9 Å². The van der Waals surface area contributed by atoms with Crippen LogP contribution in [0.5, 0.6) is 0 Å². The predicted molar refractivity (Wildman–Crippen MR) is 67.8 cm³/mol. The second kappa shape index (κ2) is 5.26. The van der Waals surface area contributed by atoms with Crippen molar-refractivity contribution in [1.82, 2.24) is 4.90 Å². The molecule has 1 fully saturated rings. The standard InChI is InChI=1S/C13H15FN2O3/c1-8-4-3-7-16(8)13(19)15-11-9(12(17)18)5-2-6-10(11)14/h2,5-6,8H,3-4,7H2,1H3,(H,15,19)(H,17,18). The summed E-state index contributed by atoms with van der Waals surface area (Å²) in [7, 11) is 0. The first kappa shape index (κ1) is 13.3. The summed E-state index contributed by atoms with van der Waals surface area (Å²) in [6.45, 7) is 2.51. The van der Waals surface area contributed by atoms with Gasteiger partial charge < -0.3 is 15.3 Å². The van der Waals surface area contributed by atoms with Gasteiger partial charge in [0, 0.05) is 12.6 Å². The van der Waals surface area contributed by atoms with E-state index in [-0.39, 0.29) is 17.3 Å². The van der Waals surface area contributed by atoms with Crippen LogP contribution < -0.4 is 5.32 Å². The number of halogens is 1. The van der Waals surface area contributed by atoms with Crippen molar-refractivity contribution in [2.45, 2.75) is 25.8 Å². The molecule has 1 aliphatic heterocycles. The van der Waals surface area contributed by atoms with Gasteiger partial charge in [-0.05, 0) is 31.9 Å². The van der Waals surface area contributed by atoms with E-state index < -0.39 is 17.8 Å². The van der Waals surface area contributed by atoms with Gasteiger partial charge in [-0.1, -0.05) is 6.07 Å². The highest BCUT2D eigenvalue weighted by atomic mass is 19.1. The molecular weight excluding hydrogens is 251 g/mol. The van der Waals surface area contributed by atoms with Crippen molar-refractivity contribution in [2.24, 2.45) is 0 Å². The van der Waals surface area contributed by atoms with E-state index in [1.165, 1.54) is 12.1 Å². The zero-order chi connectivity index (χ0) is 14.0. The lowest BCUT2D eigenvalue weighted by atomic mass is 10.1. The quantitative estimate of drug-likeness (QED) is 0.864. The maximum atomic E-state index is 13.7. The van der Waals surface area contributed by atoms with Gasteiger partial charge in [0.15, 0.2) is 0 Å². The summed E-state index contributed by atoms with van der Waals surface area (Å²) in [5.41, 5.74) is -0.528. The maximum Gasteiger partial charge on any atom is 0.337 e. The molecule has 0 radical (unpaired) electrons. The van der Waals surface area contributed by atoms with Crippen LogP contribution >= 0.6 is 0 Å². The molecule has 1 atom stereocenters. The molecule has 0 aromatic heterocycles. The molecule has 1 aliphatic rings. The number of nitrogens with one attached hydrogen (secondary N) is 1. The molecular formula is C13H15FN2O3. The highest BCUT2D eigenvalue weighted by Crippen LogP contribution is 2.23. The fourth-order valence-corrected chi connectivity index (χ4v) is 2.24. The number of aromatic carboxylic acids is 1. The third-order valence-corrected chi connectivity index (χ3v) is 3.29. The first-order valence-corrected chi connectivity index (χ1v) is 6.10. The van der Waals surface area contributed by atoms with Gasteiger partial charge in [-0.2, -0.15) is 0 Å². The monoisotopic (exact) mass is 266 g/mol. The van der Waals surface area contributed by atoms with Gasteiger partial charge >= 0.3 is 12.0 Å². The minimum atomic E-state index is -1.27. The number of carboxylic acids is 1. The fraction of sp³-hybridized carbons (Fsp3) is 0.385. The van der Waals surface area contributed by atoms with E-state index >= 15 is 0 Å². The van der Waals surface area contributed by atoms with Crippen LogP contribution in [0.25, 0.3) is 0 Å². The van der Waals surface area contributed by atoms with Crippen molar-refractivity contribution in [3.63, 3.8) is 0 Å². The largest absolute Gasteiger partial charge is 0.478 e. The molecule has 2 amide bonds. The number of carbonyl (C=O) groups is 2. The van der Waals surface area contributed by atoms with Gasteiger partial charge in [-0.15, -0.1) is 0 Å². The van der Waals surface area contributed by atoms with Gasteiger partial charge in [0.1, 0.15) is 5.82 Å². The maximum absolute atomic E-state index is 13.7. The van der Waals surface area contributed by atoms with Crippen molar-refractivity contribution in [3.8, 4) is 0 Å². The summed E-state index contributed by atoms with van der Waals surface area (Å²) in [6.07, 6.45) is 1.80. The summed E-state index contributed by atoms with van der Waals surface area (Å²) < 4.78 is 13.7. The van der Waals surface area contributed by atoms with Gasteiger partial charge in [-0.3, -0.25) is 0 Å². The lowest BCUT2D eigenvalue weighted by Gasteiger charge is -2.22. The molecule has 0 spiro atoms. The number of carboxylic acid groups (broad SMARTS) is 1. The molecule has 1 aromatic carbocycles. The SMILES string of the molecule is CC1CCCN1C(=O)Nc1c(F)cccc1C(=O)O. The van der Waals surface area contributed by atoms with E-state index in [0.29, 0.717) is 6.54 Å². The van der Waals surface area contributed by atoms with E-state index in [9.17, 15) is 14.0 Å². The zero-order valence-corrected chi connectivity index (χ0v) is 10.5. The summed E-state index contributed by atoms with van der Waals surface area (Å²) in [5, 5.41) is 11.4. The summed E-state index contributed by atoms with van der Waals surface area (Å²) in [6, 6.07) is 3.30. The Kier molecular flexibility index (Phi) is 3.69. The van der Waals surface area contributed by atoms with Crippen molar-refractivity contribution >= 4 is 17.7 Å². The summed E-state index contributed by atoms with van der Waals surface area (Å²) >= 11 is 0. The summed E-state index contributed by atoms with van der Waals surface area (Å²) in [4.78, 5) is 24.6. The van der Waals surface area contributed by atoms with Gasteiger partial charge in [0.05, 0.1) is 11.3 Å². The Morgan fingerprint density at radius 3 is 2.79 bits per heavy atom. The summed E-state index contributed by atoms with van der Waals surface area (Å²) in [5.74, 6) is -2.02. The van der Waals surface area contributed by atoms with Gasteiger partial charge in [0.2, 0.25) is 0 Å². The number of benzene rings is 1. The average molecular weight is 266 g/mol. The topological polar surface area (TPSA) is 69.6 Å². The van der Waals surface area contributed by atoms with Crippen LogP contribution in [0.3, 0.4) is 0 Å². The predicted octanol–water partition coefficient (Wildman–Crippen LogP) is 2.54. The molecule has 0 saturated carbocycles. The fourth-order valence-electron chi connectivity index (χ4n) is 2.24. The number of nitrogens with zero attached hydrogens (tertiary/aromatic N) is 1. The number of hydrogen-bond donors (Lipinski definition) is 2. The molecule has 2 rings (SSSR count). The Balaban J connectivity index is 2.23. The molecule has 2 N–H and O–H groups in total. The Morgan fingerprint density at radius 1 is 1.47 bits per heavy atom. The lowest BCUT2D eigenvalue weighted by Crippen LogP contribution is -2.37. The number of hydrogen-bond acceptors (Lipinski definition) is 2. The Bertz CT molecular complexity index is 519. The molecule has 1 saturated heterocycles. The van der Waals surface area contributed by atoms with E-state index in [1.54, 1.807) is 4.90 Å². The van der Waals surface area contributed by atoms with Crippen molar-refractivity contribution in [3.05, 3.63) is 29.6 Å². The molecule has 5 nitrogen and oxygen atoms in total. The van der Waals surface area contributed by atoms with Crippen LogP contribution in [0.2, 0.25) is 0 Å². The molecule has 6 heteroatoms. The number of para-hydroxylation sites is 1. The molecule has 102 valence electrons. The van der Waals surface area contributed by atoms with E-state index in [2.05, 4.69) is 5.32 Å². The second-order valence-corrected chi connectivity index (χ2v) is 4.58. The third kappa shape index (κ3) is 2.67. The molecule has 0 bridgehead atoms. The normalized spacial score (nSPS) is 18.4. The van der Waals surface area contributed by atoms with Crippen LogP contribution in [-0.4, -0.2) is 34.6 Å². The first-order chi connectivity index (χ1) is 9.00. The van der Waals surface area contributed by atoms with Crippen LogP contribution in [0, 0.1) is 5.82 Å². The van der Waals surface area contributed by atoms with Gasteiger partial charge in [0.25, 0.3) is 0 Å². The Morgan fingerprint density at radius 2 is 2.21 bits per heavy atom. The zero-order valence-electron chi connectivity index (χ0n) is 10.5. The molecule has 0 aliphatic carbocycles. The lowest BCUT2D eigenvalue weighted by molar-refractivity contribution is 0.0697. The van der Waals surface area contributed by atoms with Crippen LogP contribution in [0.15, 0.2) is 18.2 Å². The molecule has 19 heavy (non-hydrogen) atoms. The Labute approximate surface area is 110 Å². The number of amides is 2. The minimum Gasteiger partial charge on any atom is -0.478 e. The van der Waals surface area contributed by atoms with E-state index in [4.69, 9.17) is 5.11 Å². The third-order valence-electron chi connectivity index (χ3n) is 3.29. The Hall–Kier alpha value is -2.11. The number of rotatable bonds is 2. The van der Waals surface area contributed by atoms with Crippen LogP contribution in [0.4, 0.5) is 14.9 Å². The molecule has 1 unspecified atom stereocenters. The highest BCUT2D eigenvalue weighted by molar-refractivity contribution is 6.00.